The number of nitrogens with one attached hydrogen (secondary N) is 1. The molecule has 2 aromatic heterocycles. The Kier molecular flexibility index (Phi) is 4.74. The molecule has 0 aliphatic heterocycles. The molecule has 102 valence electrons. The van der Waals surface area contributed by atoms with Crippen LogP contribution in [0.15, 0.2) is 36.0 Å². The van der Waals surface area contributed by atoms with Crippen LogP contribution in [0.3, 0.4) is 0 Å². The van der Waals surface area contributed by atoms with E-state index in [-0.39, 0.29) is 18.5 Å². The Hall–Kier alpha value is -1.62. The van der Waals surface area contributed by atoms with Gasteiger partial charge < -0.3 is 5.32 Å². The maximum Gasteiger partial charge on any atom is 0.242 e. The van der Waals surface area contributed by atoms with E-state index in [1.54, 1.807) is 28.4 Å². The summed E-state index contributed by atoms with van der Waals surface area (Å²) >= 11 is 1.69. The van der Waals surface area contributed by atoms with Crippen molar-refractivity contribution in [2.45, 2.75) is 32.9 Å². The number of rotatable bonds is 6. The highest BCUT2D eigenvalue weighted by Crippen LogP contribution is 2.25. The molecule has 1 atom stereocenters. The Bertz CT molecular complexity index is 491. The van der Waals surface area contributed by atoms with Gasteiger partial charge in [0.2, 0.25) is 5.91 Å². The van der Waals surface area contributed by atoms with Crippen LogP contribution in [0.1, 0.15) is 31.2 Å². The van der Waals surface area contributed by atoms with Gasteiger partial charge in [0.25, 0.3) is 0 Å². The number of carbonyl (C=O) groups is 1. The highest BCUT2D eigenvalue weighted by Gasteiger charge is 2.17. The average Bonchev–Trinajstić information content (AvgIpc) is 2.99. The van der Waals surface area contributed by atoms with Gasteiger partial charge in [-0.15, -0.1) is 11.3 Å². The Morgan fingerprint density at radius 1 is 1.47 bits per heavy atom. The molecule has 19 heavy (non-hydrogen) atoms. The fraction of sp³-hybridized carbons (Fsp3) is 0.429. The van der Waals surface area contributed by atoms with Gasteiger partial charge in [0.1, 0.15) is 6.54 Å². The Morgan fingerprint density at radius 2 is 2.32 bits per heavy atom. The lowest BCUT2D eigenvalue weighted by Crippen LogP contribution is -2.32. The van der Waals surface area contributed by atoms with Gasteiger partial charge in [-0.2, -0.15) is 5.10 Å². The first kappa shape index (κ1) is 13.8. The lowest BCUT2D eigenvalue weighted by molar-refractivity contribution is -0.122. The number of hydrogen-bond acceptors (Lipinski definition) is 3. The molecule has 4 nitrogen and oxygen atoms in total. The number of carbonyl (C=O) groups excluding carboxylic acids is 1. The van der Waals surface area contributed by atoms with Crippen LogP contribution in [0.2, 0.25) is 0 Å². The third kappa shape index (κ3) is 4.21. The molecule has 0 bridgehead atoms. The minimum atomic E-state index is 0.00255. The lowest BCUT2D eigenvalue weighted by atomic mass is 10.0. The number of amides is 1. The van der Waals surface area contributed by atoms with E-state index in [2.05, 4.69) is 30.3 Å². The van der Waals surface area contributed by atoms with Crippen LogP contribution in [-0.2, 0) is 11.3 Å². The van der Waals surface area contributed by atoms with Crippen LogP contribution in [0, 0.1) is 5.92 Å². The molecular weight excluding hydrogens is 258 g/mol. The molecule has 0 aromatic carbocycles. The van der Waals surface area contributed by atoms with E-state index >= 15 is 0 Å². The fourth-order valence-electron chi connectivity index (χ4n) is 1.99. The van der Waals surface area contributed by atoms with Crippen LogP contribution >= 0.6 is 11.3 Å². The predicted octanol–water partition coefficient (Wildman–Crippen LogP) is 2.85. The van der Waals surface area contributed by atoms with Crippen molar-refractivity contribution in [1.29, 1.82) is 0 Å². The third-order valence-electron chi connectivity index (χ3n) is 2.79. The van der Waals surface area contributed by atoms with Crippen molar-refractivity contribution in [3.8, 4) is 0 Å². The summed E-state index contributed by atoms with van der Waals surface area (Å²) in [4.78, 5) is 13.2. The van der Waals surface area contributed by atoms with Gasteiger partial charge in [-0.25, -0.2) is 0 Å². The number of hydrogen-bond donors (Lipinski definition) is 1. The molecule has 0 fully saturated rings. The summed E-state index contributed by atoms with van der Waals surface area (Å²) < 4.78 is 1.64. The van der Waals surface area contributed by atoms with Crippen molar-refractivity contribution in [2.24, 2.45) is 5.92 Å². The van der Waals surface area contributed by atoms with Crippen molar-refractivity contribution in [3.05, 3.63) is 40.8 Å². The van der Waals surface area contributed by atoms with E-state index in [1.807, 2.05) is 17.5 Å². The van der Waals surface area contributed by atoms with Crippen LogP contribution in [0.4, 0.5) is 0 Å². The second kappa shape index (κ2) is 6.52. The summed E-state index contributed by atoms with van der Waals surface area (Å²) in [6.07, 6.45) is 4.42. The largest absolute Gasteiger partial charge is 0.347 e. The van der Waals surface area contributed by atoms with Crippen molar-refractivity contribution < 1.29 is 4.79 Å². The minimum Gasteiger partial charge on any atom is -0.347 e. The maximum absolute atomic E-state index is 12.0. The van der Waals surface area contributed by atoms with Crippen molar-refractivity contribution in [2.75, 3.05) is 0 Å². The fourth-order valence-corrected chi connectivity index (χ4v) is 2.78. The van der Waals surface area contributed by atoms with E-state index < -0.39 is 0 Å². The van der Waals surface area contributed by atoms with Crippen molar-refractivity contribution in [1.82, 2.24) is 15.1 Å². The van der Waals surface area contributed by atoms with E-state index in [0.717, 1.165) is 6.42 Å². The smallest absolute Gasteiger partial charge is 0.242 e. The zero-order chi connectivity index (χ0) is 13.7. The normalized spacial score (nSPS) is 12.6. The Balaban J connectivity index is 1.97. The van der Waals surface area contributed by atoms with Crippen LogP contribution < -0.4 is 5.32 Å². The van der Waals surface area contributed by atoms with E-state index in [4.69, 9.17) is 0 Å². The van der Waals surface area contributed by atoms with E-state index in [9.17, 15) is 4.79 Å². The van der Waals surface area contributed by atoms with E-state index in [1.165, 1.54) is 4.88 Å². The second-order valence-corrected chi connectivity index (χ2v) is 5.95. The first-order chi connectivity index (χ1) is 9.15. The zero-order valence-corrected chi connectivity index (χ0v) is 12.1. The number of nitrogens with zero attached hydrogens (tertiary/aromatic N) is 2. The molecule has 5 heteroatoms. The molecule has 2 aromatic rings. The standard InChI is InChI=1S/C14H19N3OS/c1-11(2)9-12(13-5-3-8-19-13)16-14(18)10-17-7-4-6-15-17/h3-8,11-12H,9-10H2,1-2H3,(H,16,18)/t12-/m0/s1. The quantitative estimate of drug-likeness (QED) is 0.882. The summed E-state index contributed by atoms with van der Waals surface area (Å²) in [5.41, 5.74) is 0. The summed E-state index contributed by atoms with van der Waals surface area (Å²) in [5, 5.41) is 9.19. The van der Waals surface area contributed by atoms with Gasteiger partial charge in [0, 0.05) is 17.3 Å². The zero-order valence-electron chi connectivity index (χ0n) is 11.2. The third-order valence-corrected chi connectivity index (χ3v) is 3.78. The van der Waals surface area contributed by atoms with E-state index in [0.29, 0.717) is 5.92 Å². The molecule has 0 saturated carbocycles. The van der Waals surface area contributed by atoms with Gasteiger partial charge in [-0.3, -0.25) is 9.48 Å². The Morgan fingerprint density at radius 3 is 2.89 bits per heavy atom. The highest BCUT2D eigenvalue weighted by atomic mass is 32.1. The highest BCUT2D eigenvalue weighted by molar-refractivity contribution is 7.10. The molecule has 0 spiro atoms. The molecule has 2 rings (SSSR count). The molecule has 0 saturated heterocycles. The second-order valence-electron chi connectivity index (χ2n) is 4.97. The monoisotopic (exact) mass is 277 g/mol. The minimum absolute atomic E-state index is 0.00255. The predicted molar refractivity (Wildman–Crippen MR) is 76.9 cm³/mol. The molecule has 0 radical (unpaired) electrons. The van der Waals surface area contributed by atoms with Crippen LogP contribution in [-0.4, -0.2) is 15.7 Å². The van der Waals surface area contributed by atoms with Crippen LogP contribution in [0.25, 0.3) is 0 Å². The topological polar surface area (TPSA) is 46.9 Å². The van der Waals surface area contributed by atoms with Crippen molar-refractivity contribution >= 4 is 17.2 Å². The summed E-state index contributed by atoms with van der Waals surface area (Å²) in [6, 6.07) is 6.01. The van der Waals surface area contributed by atoms with Gasteiger partial charge in [0.15, 0.2) is 0 Å². The van der Waals surface area contributed by atoms with Crippen LogP contribution in [0.5, 0.6) is 0 Å². The molecule has 0 aliphatic rings. The van der Waals surface area contributed by atoms with Gasteiger partial charge in [-0.1, -0.05) is 19.9 Å². The van der Waals surface area contributed by atoms with Gasteiger partial charge in [0.05, 0.1) is 6.04 Å². The molecule has 1 N–H and O–H groups in total. The van der Waals surface area contributed by atoms with Crippen molar-refractivity contribution in [3.63, 3.8) is 0 Å². The summed E-state index contributed by atoms with van der Waals surface area (Å²) in [5.74, 6) is 0.542. The lowest BCUT2D eigenvalue weighted by Gasteiger charge is -2.19. The molecule has 1 amide bonds. The Labute approximate surface area is 117 Å². The maximum atomic E-state index is 12.0. The summed E-state index contributed by atoms with van der Waals surface area (Å²) in [6.45, 7) is 4.60. The molecule has 0 unspecified atom stereocenters. The first-order valence-electron chi connectivity index (χ1n) is 6.45. The van der Waals surface area contributed by atoms with Gasteiger partial charge in [-0.05, 0) is 29.9 Å². The molecule has 0 aliphatic carbocycles. The van der Waals surface area contributed by atoms with Gasteiger partial charge >= 0.3 is 0 Å². The number of thiophene rings is 1. The first-order valence-corrected chi connectivity index (χ1v) is 7.33. The molecular formula is C14H19N3OS. The number of aromatic nitrogens is 2. The average molecular weight is 277 g/mol. The summed E-state index contributed by atoms with van der Waals surface area (Å²) in [7, 11) is 0. The molecule has 2 heterocycles. The SMILES string of the molecule is CC(C)C[C@H](NC(=O)Cn1cccn1)c1cccs1.